The summed E-state index contributed by atoms with van der Waals surface area (Å²) in [7, 11) is -9.91. The van der Waals surface area contributed by atoms with Gasteiger partial charge in [0.25, 0.3) is 0 Å². The summed E-state index contributed by atoms with van der Waals surface area (Å²) in [4.78, 5) is 72.7. The molecule has 101 heavy (non-hydrogen) atoms. The quantitative estimate of drug-likeness (QED) is 0.0222. The molecule has 0 amide bonds. The molecule has 0 radical (unpaired) electrons. The van der Waals surface area contributed by atoms with Crippen molar-refractivity contribution in [2.45, 2.75) is 457 Å². The van der Waals surface area contributed by atoms with Gasteiger partial charge in [-0.1, -0.05) is 388 Å². The van der Waals surface area contributed by atoms with Gasteiger partial charge in [-0.3, -0.25) is 37.3 Å². The van der Waals surface area contributed by atoms with Gasteiger partial charge in [-0.25, -0.2) is 9.13 Å². The van der Waals surface area contributed by atoms with E-state index < -0.39 is 97.5 Å². The number of hydrogen-bond donors (Lipinski definition) is 3. The smallest absolute Gasteiger partial charge is 0.462 e. The minimum absolute atomic E-state index is 0.107. The fourth-order valence-electron chi connectivity index (χ4n) is 12.7. The van der Waals surface area contributed by atoms with Crippen molar-refractivity contribution >= 4 is 39.5 Å². The topological polar surface area (TPSA) is 237 Å². The average molecular weight is 1480 g/mol. The minimum atomic E-state index is -4.96. The Labute approximate surface area is 619 Å². The SMILES string of the molecule is CCCCCCCCCCCCCCCCCCCCCCCCC(=O)OC[C@H](COP(=O)(O)OC[C@@H](O)COP(=O)(O)OC[C@@H](COC(=O)CCCCCCC)OC(=O)CCCCCCCCCCCCCC)OC(=O)CCCCCCCCCCCCCCCCCCCCC(C)CC. The maximum absolute atomic E-state index is 13.1. The molecule has 0 fully saturated rings. The maximum atomic E-state index is 13.1. The Morgan fingerprint density at radius 3 is 0.703 bits per heavy atom. The summed E-state index contributed by atoms with van der Waals surface area (Å²) in [5.74, 6) is -1.25. The van der Waals surface area contributed by atoms with Crippen LogP contribution in [0.3, 0.4) is 0 Å². The number of hydrogen-bond acceptors (Lipinski definition) is 15. The molecule has 0 aliphatic rings. The van der Waals surface area contributed by atoms with Crippen LogP contribution in [-0.4, -0.2) is 96.7 Å². The lowest BCUT2D eigenvalue weighted by atomic mass is 9.99. The van der Waals surface area contributed by atoms with Gasteiger partial charge >= 0.3 is 39.5 Å². The molecule has 600 valence electrons. The Bertz CT molecular complexity index is 1930. The summed E-state index contributed by atoms with van der Waals surface area (Å²) in [6, 6.07) is 0. The molecule has 0 bridgehead atoms. The Kier molecular flexibility index (Phi) is 73.5. The van der Waals surface area contributed by atoms with Crippen LogP contribution >= 0.6 is 15.6 Å². The molecule has 0 aliphatic carbocycles. The van der Waals surface area contributed by atoms with E-state index in [-0.39, 0.29) is 25.7 Å². The van der Waals surface area contributed by atoms with Crippen molar-refractivity contribution in [2.24, 2.45) is 5.92 Å². The molecule has 3 N–H and O–H groups in total. The molecule has 0 rings (SSSR count). The van der Waals surface area contributed by atoms with Gasteiger partial charge < -0.3 is 33.8 Å². The summed E-state index contributed by atoms with van der Waals surface area (Å²) in [5, 5.41) is 10.6. The van der Waals surface area contributed by atoms with Crippen molar-refractivity contribution in [3.63, 3.8) is 0 Å². The molecule has 17 nitrogen and oxygen atoms in total. The lowest BCUT2D eigenvalue weighted by Gasteiger charge is -2.21. The fraction of sp³-hybridized carbons (Fsp3) is 0.951. The van der Waals surface area contributed by atoms with Crippen LogP contribution in [0.1, 0.15) is 439 Å². The molecule has 0 spiro atoms. The molecular formula is C82H160O17P2. The molecule has 0 aromatic carbocycles. The third-order valence-electron chi connectivity index (χ3n) is 19.6. The average Bonchev–Trinajstić information content (AvgIpc) is 0.953. The predicted octanol–water partition coefficient (Wildman–Crippen LogP) is 24.8. The Morgan fingerprint density at radius 1 is 0.277 bits per heavy atom. The highest BCUT2D eigenvalue weighted by molar-refractivity contribution is 7.47. The second-order valence-electron chi connectivity index (χ2n) is 29.8. The highest BCUT2D eigenvalue weighted by atomic mass is 31.2. The Balaban J connectivity index is 5.09. The standard InChI is InChI=1S/C82H160O17P2/c1-6-10-13-16-18-20-22-24-25-26-27-28-29-30-34-37-40-44-47-51-56-61-66-80(85)93-72-78(99-82(87)68-63-58-53-49-45-41-38-35-32-31-33-36-39-42-46-50-55-59-64-75(5)9-4)74-97-101(90,91)95-70-76(83)69-94-100(88,89)96-73-77(71-92-79(84)65-60-54-15-12-8-3)98-81(86)67-62-57-52-48-43-23-21-19-17-14-11-7-2/h75-78,83H,6-74H2,1-5H3,(H,88,89)(H,90,91)/t75?,76-,77+,78+/m0/s1. The predicted molar refractivity (Wildman–Crippen MR) is 414 cm³/mol. The van der Waals surface area contributed by atoms with E-state index in [0.717, 1.165) is 102 Å². The zero-order valence-electron chi connectivity index (χ0n) is 66.1. The molecule has 0 heterocycles. The molecule has 6 atom stereocenters. The first-order valence-electron chi connectivity index (χ1n) is 42.7. The molecule has 0 aromatic heterocycles. The van der Waals surface area contributed by atoms with Gasteiger partial charge in [-0.05, 0) is 31.6 Å². The van der Waals surface area contributed by atoms with Crippen molar-refractivity contribution in [1.29, 1.82) is 0 Å². The van der Waals surface area contributed by atoms with E-state index in [1.54, 1.807) is 0 Å². The number of carbonyl (C=O) groups excluding carboxylic acids is 4. The van der Waals surface area contributed by atoms with Crippen LogP contribution in [0.5, 0.6) is 0 Å². The molecule has 19 heteroatoms. The van der Waals surface area contributed by atoms with E-state index in [4.69, 9.17) is 37.0 Å². The van der Waals surface area contributed by atoms with Crippen LogP contribution in [0.4, 0.5) is 0 Å². The van der Waals surface area contributed by atoms with Gasteiger partial charge in [0, 0.05) is 25.7 Å². The number of ether oxygens (including phenoxy) is 4. The number of phosphoric ester groups is 2. The van der Waals surface area contributed by atoms with Crippen molar-refractivity contribution < 1.29 is 80.2 Å². The van der Waals surface area contributed by atoms with Gasteiger partial charge in [0.1, 0.15) is 19.3 Å². The van der Waals surface area contributed by atoms with Crippen LogP contribution in [-0.2, 0) is 65.4 Å². The van der Waals surface area contributed by atoms with E-state index in [1.807, 2.05) is 0 Å². The van der Waals surface area contributed by atoms with Crippen LogP contribution in [0.2, 0.25) is 0 Å². The number of aliphatic hydroxyl groups is 1. The lowest BCUT2D eigenvalue weighted by Crippen LogP contribution is -2.30. The van der Waals surface area contributed by atoms with Gasteiger partial charge in [0.05, 0.1) is 26.4 Å². The number of aliphatic hydroxyl groups excluding tert-OH is 1. The van der Waals surface area contributed by atoms with Gasteiger partial charge in [-0.2, -0.15) is 0 Å². The first kappa shape index (κ1) is 99.1. The van der Waals surface area contributed by atoms with Gasteiger partial charge in [0.15, 0.2) is 12.2 Å². The van der Waals surface area contributed by atoms with Crippen LogP contribution in [0.15, 0.2) is 0 Å². The number of phosphoric acid groups is 2. The molecule has 0 aromatic rings. The van der Waals surface area contributed by atoms with Gasteiger partial charge in [0.2, 0.25) is 0 Å². The monoisotopic (exact) mass is 1480 g/mol. The summed E-state index contributed by atoms with van der Waals surface area (Å²) in [6.07, 6.45) is 67.2. The van der Waals surface area contributed by atoms with Crippen molar-refractivity contribution in [3.05, 3.63) is 0 Å². The summed E-state index contributed by atoms with van der Waals surface area (Å²) < 4.78 is 68.4. The highest BCUT2D eigenvalue weighted by Crippen LogP contribution is 2.45. The number of rotatable bonds is 82. The molecule has 0 saturated heterocycles. The maximum Gasteiger partial charge on any atom is 0.472 e. The van der Waals surface area contributed by atoms with E-state index >= 15 is 0 Å². The molecule has 0 aliphatic heterocycles. The Hall–Kier alpha value is -1.94. The second-order valence-corrected chi connectivity index (χ2v) is 32.7. The van der Waals surface area contributed by atoms with Crippen molar-refractivity contribution in [2.75, 3.05) is 39.6 Å². The Morgan fingerprint density at radius 2 is 0.475 bits per heavy atom. The van der Waals surface area contributed by atoms with E-state index in [9.17, 15) is 43.2 Å². The van der Waals surface area contributed by atoms with E-state index in [2.05, 4.69) is 34.6 Å². The summed E-state index contributed by atoms with van der Waals surface area (Å²) in [5.41, 5.74) is 0. The fourth-order valence-corrected chi connectivity index (χ4v) is 14.3. The highest BCUT2D eigenvalue weighted by Gasteiger charge is 2.30. The summed E-state index contributed by atoms with van der Waals surface area (Å²) in [6.45, 7) is 7.30. The number of esters is 4. The zero-order valence-corrected chi connectivity index (χ0v) is 67.8. The third kappa shape index (κ3) is 74.7. The minimum Gasteiger partial charge on any atom is -0.462 e. The van der Waals surface area contributed by atoms with Crippen LogP contribution < -0.4 is 0 Å². The largest absolute Gasteiger partial charge is 0.472 e. The molecule has 0 saturated carbocycles. The molecule has 3 unspecified atom stereocenters. The summed E-state index contributed by atoms with van der Waals surface area (Å²) >= 11 is 0. The molecular weight excluding hydrogens is 1320 g/mol. The second kappa shape index (κ2) is 74.9. The number of carbonyl (C=O) groups is 4. The third-order valence-corrected chi connectivity index (χ3v) is 21.5. The van der Waals surface area contributed by atoms with Crippen molar-refractivity contribution in [1.82, 2.24) is 0 Å². The zero-order chi connectivity index (χ0) is 74.1. The van der Waals surface area contributed by atoms with Crippen LogP contribution in [0.25, 0.3) is 0 Å². The van der Waals surface area contributed by atoms with E-state index in [0.29, 0.717) is 25.7 Å². The van der Waals surface area contributed by atoms with Gasteiger partial charge in [-0.15, -0.1) is 0 Å². The lowest BCUT2D eigenvalue weighted by molar-refractivity contribution is -0.161. The number of unbranched alkanes of at least 4 members (excludes halogenated alkanes) is 53. The first-order valence-corrected chi connectivity index (χ1v) is 45.7. The van der Waals surface area contributed by atoms with Crippen LogP contribution in [0, 0.1) is 5.92 Å². The van der Waals surface area contributed by atoms with Crippen molar-refractivity contribution in [3.8, 4) is 0 Å². The first-order chi connectivity index (χ1) is 49.1. The normalized spacial score (nSPS) is 14.1. The van der Waals surface area contributed by atoms with E-state index in [1.165, 1.54) is 257 Å².